The fourth-order valence-electron chi connectivity index (χ4n) is 5.03. The second-order valence-corrected chi connectivity index (χ2v) is 9.11. The fourth-order valence-corrected chi connectivity index (χ4v) is 5.03. The van der Waals surface area contributed by atoms with Crippen LogP contribution in [0.15, 0.2) is 0 Å². The lowest BCUT2D eigenvalue weighted by Gasteiger charge is -2.45. The van der Waals surface area contributed by atoms with Crippen LogP contribution in [0, 0.1) is 117 Å². The number of hydrogen-bond acceptors (Lipinski definition) is 0. The molecule has 0 spiro atoms. The average Bonchev–Trinajstić information content (AvgIpc) is 3.00. The van der Waals surface area contributed by atoms with Gasteiger partial charge < -0.3 is 0 Å². The highest BCUT2D eigenvalue weighted by Crippen LogP contribution is 2.30. The largest absolute Gasteiger partial charge is 0.210 e. The summed E-state index contributed by atoms with van der Waals surface area (Å²) in [5, 5.41) is 0. The summed E-state index contributed by atoms with van der Waals surface area (Å²) in [6.07, 6.45) is -6.98. The highest BCUT2D eigenvalue weighted by Gasteiger charge is 2.52. The normalized spacial score (nSPS) is 12.0. The highest BCUT2D eigenvalue weighted by molar-refractivity contribution is 7.20. The lowest BCUT2D eigenvalue weighted by Crippen LogP contribution is -2.81. The van der Waals surface area contributed by atoms with Crippen molar-refractivity contribution >= 4 is 28.0 Å². The molecule has 0 radical (unpaired) electrons. The molecule has 45 heavy (non-hydrogen) atoms. The van der Waals surface area contributed by atoms with Crippen LogP contribution >= 0.6 is 0 Å². The molecule has 0 unspecified atom stereocenters. The van der Waals surface area contributed by atoms with E-state index in [9.17, 15) is 48.3 Å². The SMILES string of the molecule is Cc1c(F)c(F)c(F)c([B-](c2c(F)c(F)c(F)c(F)c2F)(c2c(F)c(F)c(F)c(F)c2F)c2c(F)c(F)c(F)c(F)c2F)c1F. The number of halogens is 19. The molecule has 0 atom stereocenters. The minimum absolute atomic E-state index is 0.0210. The summed E-state index contributed by atoms with van der Waals surface area (Å²) in [5.74, 6) is -64.4. The van der Waals surface area contributed by atoms with Crippen molar-refractivity contribution in [2.75, 3.05) is 0 Å². The zero-order valence-corrected chi connectivity index (χ0v) is 20.8. The Bertz CT molecular complexity index is 1570. The van der Waals surface area contributed by atoms with Gasteiger partial charge in [0.25, 0.3) is 0 Å². The van der Waals surface area contributed by atoms with Crippen molar-refractivity contribution in [3.63, 3.8) is 0 Å². The van der Waals surface area contributed by atoms with Gasteiger partial charge in [0.1, 0.15) is 46.9 Å². The molecule has 0 aliphatic rings. The van der Waals surface area contributed by atoms with Crippen LogP contribution in [0.25, 0.3) is 0 Å². The molecular weight excluding hydrogens is 672 g/mol. The predicted molar refractivity (Wildman–Crippen MR) is 114 cm³/mol. The van der Waals surface area contributed by atoms with E-state index >= 15 is 35.1 Å². The molecule has 0 nitrogen and oxygen atoms in total. The summed E-state index contributed by atoms with van der Waals surface area (Å²) in [4.78, 5) is 0. The topological polar surface area (TPSA) is 0 Å². The molecule has 4 aromatic rings. The Kier molecular flexibility index (Phi) is 8.12. The summed E-state index contributed by atoms with van der Waals surface area (Å²) in [5.41, 5.74) is -15.5. The molecule has 0 aromatic heterocycles. The first-order valence-electron chi connectivity index (χ1n) is 11.2. The molecule has 0 N–H and O–H groups in total. The predicted octanol–water partition coefficient (Wildman–Crippen LogP) is 6.02. The van der Waals surface area contributed by atoms with Crippen LogP contribution in [0.2, 0.25) is 0 Å². The highest BCUT2D eigenvalue weighted by atomic mass is 19.2. The van der Waals surface area contributed by atoms with Gasteiger partial charge in [-0.3, -0.25) is 0 Å². The molecule has 4 aromatic carbocycles. The first-order chi connectivity index (χ1) is 20.7. The van der Waals surface area contributed by atoms with Gasteiger partial charge in [0.2, 0.25) is 0 Å². The van der Waals surface area contributed by atoms with Crippen LogP contribution in [-0.4, -0.2) is 6.15 Å². The van der Waals surface area contributed by atoms with Gasteiger partial charge in [-0.25, -0.2) is 83.4 Å². The van der Waals surface area contributed by atoms with Gasteiger partial charge in [-0.05, 0) is 6.92 Å². The van der Waals surface area contributed by atoms with Gasteiger partial charge >= 0.3 is 0 Å². The van der Waals surface area contributed by atoms with Crippen LogP contribution in [0.1, 0.15) is 5.56 Å². The lowest BCUT2D eigenvalue weighted by molar-refractivity contribution is 0.379. The number of benzene rings is 4. The zero-order valence-electron chi connectivity index (χ0n) is 20.8. The maximum Gasteiger partial charge on any atom is 0.200 e. The van der Waals surface area contributed by atoms with Crippen molar-refractivity contribution in [2.24, 2.45) is 0 Å². The molecule has 0 bridgehead atoms. The zero-order chi connectivity index (χ0) is 34.4. The van der Waals surface area contributed by atoms with Crippen LogP contribution in [0.3, 0.4) is 0 Å². The Morgan fingerprint density at radius 3 is 0.600 bits per heavy atom. The Morgan fingerprint density at radius 1 is 0.222 bits per heavy atom. The molecule has 4 rings (SSSR count). The van der Waals surface area contributed by atoms with Gasteiger partial charge in [-0.1, -0.05) is 0 Å². The third-order valence-electron chi connectivity index (χ3n) is 6.98. The van der Waals surface area contributed by atoms with E-state index in [1.54, 1.807) is 0 Å². The smallest absolute Gasteiger partial charge is 0.200 e. The molecule has 0 aliphatic heterocycles. The molecule has 0 amide bonds. The van der Waals surface area contributed by atoms with E-state index in [1.165, 1.54) is 0 Å². The minimum atomic E-state index is -6.98. The Hall–Kier alpha value is -4.39. The third-order valence-corrected chi connectivity index (χ3v) is 6.98. The molecule has 0 saturated heterocycles. The van der Waals surface area contributed by atoms with Crippen molar-refractivity contribution < 1.29 is 83.4 Å². The van der Waals surface area contributed by atoms with Gasteiger partial charge in [0.05, 0.1) is 5.82 Å². The van der Waals surface area contributed by atoms with Gasteiger partial charge in [0.15, 0.2) is 64.0 Å². The van der Waals surface area contributed by atoms with E-state index in [2.05, 4.69) is 0 Å². The van der Waals surface area contributed by atoms with Crippen molar-refractivity contribution in [3.05, 3.63) is 116 Å². The van der Waals surface area contributed by atoms with Crippen molar-refractivity contribution in [1.29, 1.82) is 0 Å². The van der Waals surface area contributed by atoms with E-state index in [-0.39, 0.29) is 6.92 Å². The number of hydrogen-bond donors (Lipinski definition) is 0. The standard InChI is InChI=1S/C25H3BF19/c1-2-7(27)3(9(29)16(36)8(2)28)26(4-10(30)17(37)23(43)18(38)11(4)31,5-12(32)19(39)24(44)20(40)13(5)33)6-14(34)21(41)25(45)22(42)15(6)35/h1H3/q-1. The van der Waals surface area contributed by atoms with Crippen molar-refractivity contribution in [2.45, 2.75) is 6.92 Å². The molecule has 0 saturated carbocycles. The summed E-state index contributed by atoms with van der Waals surface area (Å²) in [6.45, 7) is 0.0210. The van der Waals surface area contributed by atoms with E-state index in [0.717, 1.165) is 0 Å². The maximum absolute atomic E-state index is 15.7. The van der Waals surface area contributed by atoms with E-state index in [1.807, 2.05) is 0 Å². The summed E-state index contributed by atoms with van der Waals surface area (Å²) >= 11 is 0. The van der Waals surface area contributed by atoms with Gasteiger partial charge in [0, 0.05) is 5.56 Å². The van der Waals surface area contributed by atoms with Crippen molar-refractivity contribution in [3.8, 4) is 0 Å². The van der Waals surface area contributed by atoms with Crippen LogP contribution in [0.4, 0.5) is 83.4 Å². The van der Waals surface area contributed by atoms with Crippen LogP contribution in [-0.2, 0) is 0 Å². The Balaban J connectivity index is 2.69. The third kappa shape index (κ3) is 4.19. The second kappa shape index (κ2) is 10.9. The molecule has 0 aliphatic carbocycles. The number of rotatable bonds is 4. The van der Waals surface area contributed by atoms with E-state index in [4.69, 9.17) is 0 Å². The van der Waals surface area contributed by atoms with Gasteiger partial charge in [-0.15, -0.1) is 21.9 Å². The van der Waals surface area contributed by atoms with Crippen LogP contribution in [0.5, 0.6) is 0 Å². The summed E-state index contributed by atoms with van der Waals surface area (Å²) in [6, 6.07) is 0. The summed E-state index contributed by atoms with van der Waals surface area (Å²) < 4.78 is 282. The van der Waals surface area contributed by atoms with E-state index in [0.29, 0.717) is 0 Å². The lowest BCUT2D eigenvalue weighted by atomic mass is 9.12. The van der Waals surface area contributed by atoms with E-state index < -0.39 is 144 Å². The maximum atomic E-state index is 15.7. The second-order valence-electron chi connectivity index (χ2n) is 9.11. The molecular formula is C25H3BF19-. The first kappa shape index (κ1) is 33.5. The minimum Gasteiger partial charge on any atom is -0.210 e. The fraction of sp³-hybridized carbons (Fsp3) is 0.0400. The molecule has 240 valence electrons. The van der Waals surface area contributed by atoms with Gasteiger partial charge in [-0.2, -0.15) is 0 Å². The monoisotopic (exact) mass is 675 g/mol. The van der Waals surface area contributed by atoms with Crippen molar-refractivity contribution in [1.82, 2.24) is 0 Å². The molecule has 0 heterocycles. The molecule has 0 fully saturated rings. The average molecular weight is 675 g/mol. The Morgan fingerprint density at radius 2 is 0.378 bits per heavy atom. The molecule has 20 heteroatoms. The summed E-state index contributed by atoms with van der Waals surface area (Å²) in [7, 11) is 0. The van der Waals surface area contributed by atoms with Crippen LogP contribution < -0.4 is 21.9 Å². The Labute approximate surface area is 235 Å². The quantitative estimate of drug-likeness (QED) is 0.108. The first-order valence-corrected chi connectivity index (χ1v) is 11.2.